The molecule has 1 amide bonds. The van der Waals surface area contributed by atoms with Gasteiger partial charge in [0.15, 0.2) is 6.61 Å². The monoisotopic (exact) mass is 388 g/mol. The first-order chi connectivity index (χ1) is 14.1. The number of nitrogens with zero attached hydrogens (tertiary/aromatic N) is 1. The highest BCUT2D eigenvalue weighted by Crippen LogP contribution is 2.28. The molecule has 6 nitrogen and oxygen atoms in total. The van der Waals surface area contributed by atoms with Crippen LogP contribution in [0.5, 0.6) is 5.75 Å². The number of ether oxygens (including phenoxy) is 1. The molecule has 0 aliphatic carbocycles. The first-order valence-electron chi connectivity index (χ1n) is 9.61. The summed E-state index contributed by atoms with van der Waals surface area (Å²) in [5.74, 6) is 0.438. The maximum atomic E-state index is 12.7. The van der Waals surface area contributed by atoms with Gasteiger partial charge in [0.1, 0.15) is 11.3 Å². The summed E-state index contributed by atoms with van der Waals surface area (Å²) >= 11 is 0. The summed E-state index contributed by atoms with van der Waals surface area (Å²) in [7, 11) is 0. The molecule has 0 radical (unpaired) electrons. The minimum Gasteiger partial charge on any atom is -0.484 e. The number of hydrogen-bond donors (Lipinski definition) is 1. The number of carbonyl (C=O) groups is 1. The summed E-state index contributed by atoms with van der Waals surface area (Å²) in [5, 5.41) is 1.99. The Labute approximate surface area is 166 Å². The van der Waals surface area contributed by atoms with E-state index in [4.69, 9.17) is 9.15 Å². The van der Waals surface area contributed by atoms with Gasteiger partial charge in [0.25, 0.3) is 5.91 Å². The molecule has 0 saturated heterocycles. The highest BCUT2D eigenvalue weighted by molar-refractivity contribution is 5.87. The summed E-state index contributed by atoms with van der Waals surface area (Å²) < 4.78 is 10.9. The number of amides is 1. The molecule has 0 saturated carbocycles. The Kier molecular flexibility index (Phi) is 4.12. The number of fused-ring (bicyclic) bond motifs is 4. The van der Waals surface area contributed by atoms with Crippen molar-refractivity contribution in [2.75, 3.05) is 13.2 Å². The van der Waals surface area contributed by atoms with Crippen LogP contribution in [0.3, 0.4) is 0 Å². The molecule has 0 fully saturated rings. The van der Waals surface area contributed by atoms with Gasteiger partial charge in [-0.2, -0.15) is 0 Å². The molecular weight excluding hydrogens is 368 g/mol. The number of H-pyrrole nitrogens is 1. The fourth-order valence-corrected chi connectivity index (χ4v) is 3.91. The lowest BCUT2D eigenvalue weighted by Crippen LogP contribution is -2.38. The topological polar surface area (TPSA) is 75.5 Å². The average Bonchev–Trinajstić information content (AvgIpc) is 3.08. The Hall–Kier alpha value is -3.54. The summed E-state index contributed by atoms with van der Waals surface area (Å²) in [6.45, 7) is 3.25. The average molecular weight is 388 g/mol. The molecule has 4 aromatic rings. The smallest absolute Gasteiger partial charge is 0.336 e. The van der Waals surface area contributed by atoms with Gasteiger partial charge < -0.3 is 19.0 Å². The van der Waals surface area contributed by atoms with Crippen LogP contribution in [-0.4, -0.2) is 28.9 Å². The molecule has 29 heavy (non-hydrogen) atoms. The van der Waals surface area contributed by atoms with E-state index in [1.54, 1.807) is 24.3 Å². The molecule has 1 N–H and O–H groups in total. The molecule has 0 spiro atoms. The maximum Gasteiger partial charge on any atom is 0.336 e. The SMILES string of the molecule is Cc1ccc2[nH]c3c(c2c1)CN(C(=O)COc1ccc2ccc(=O)oc2c1)CC3. The first kappa shape index (κ1) is 17.6. The molecule has 6 heteroatoms. The van der Waals surface area contributed by atoms with Crippen LogP contribution < -0.4 is 10.4 Å². The third-order valence-electron chi connectivity index (χ3n) is 5.44. The Morgan fingerprint density at radius 1 is 1.17 bits per heavy atom. The lowest BCUT2D eigenvalue weighted by molar-refractivity contribution is -0.134. The van der Waals surface area contributed by atoms with Crippen molar-refractivity contribution in [1.82, 2.24) is 9.88 Å². The Morgan fingerprint density at radius 2 is 2.03 bits per heavy atom. The van der Waals surface area contributed by atoms with Gasteiger partial charge in [0.2, 0.25) is 0 Å². The van der Waals surface area contributed by atoms with Gasteiger partial charge in [0.05, 0.1) is 0 Å². The highest BCUT2D eigenvalue weighted by Gasteiger charge is 2.24. The van der Waals surface area contributed by atoms with Crippen LogP contribution in [0.4, 0.5) is 0 Å². The molecule has 3 heterocycles. The zero-order valence-corrected chi connectivity index (χ0v) is 16.0. The van der Waals surface area contributed by atoms with E-state index in [-0.39, 0.29) is 12.5 Å². The molecule has 2 aromatic heterocycles. The van der Waals surface area contributed by atoms with Gasteiger partial charge in [-0.3, -0.25) is 4.79 Å². The lowest BCUT2D eigenvalue weighted by Gasteiger charge is -2.27. The fourth-order valence-electron chi connectivity index (χ4n) is 3.91. The molecule has 1 aliphatic heterocycles. The van der Waals surface area contributed by atoms with E-state index in [2.05, 4.69) is 30.1 Å². The molecule has 0 bridgehead atoms. The third kappa shape index (κ3) is 3.27. The van der Waals surface area contributed by atoms with Crippen molar-refractivity contribution in [2.45, 2.75) is 19.9 Å². The Bertz CT molecular complexity index is 1300. The molecule has 0 atom stereocenters. The van der Waals surface area contributed by atoms with Gasteiger partial charge in [-0.25, -0.2) is 4.79 Å². The maximum absolute atomic E-state index is 12.7. The predicted octanol–water partition coefficient (Wildman–Crippen LogP) is 3.55. The van der Waals surface area contributed by atoms with E-state index >= 15 is 0 Å². The van der Waals surface area contributed by atoms with Crippen LogP contribution in [0, 0.1) is 6.92 Å². The van der Waals surface area contributed by atoms with Crippen LogP contribution in [0.15, 0.2) is 57.7 Å². The second-order valence-electron chi connectivity index (χ2n) is 7.44. The molecule has 146 valence electrons. The Morgan fingerprint density at radius 3 is 2.93 bits per heavy atom. The summed E-state index contributed by atoms with van der Waals surface area (Å²) in [4.78, 5) is 29.4. The number of nitrogens with one attached hydrogen (secondary N) is 1. The van der Waals surface area contributed by atoms with Crippen molar-refractivity contribution in [3.63, 3.8) is 0 Å². The van der Waals surface area contributed by atoms with E-state index < -0.39 is 5.63 Å². The van der Waals surface area contributed by atoms with Gasteiger partial charge in [-0.15, -0.1) is 0 Å². The number of hydrogen-bond acceptors (Lipinski definition) is 4. The van der Waals surface area contributed by atoms with Gasteiger partial charge in [-0.05, 0) is 37.3 Å². The number of aromatic amines is 1. The van der Waals surface area contributed by atoms with Crippen molar-refractivity contribution >= 4 is 27.8 Å². The third-order valence-corrected chi connectivity index (χ3v) is 5.44. The standard InChI is InChI=1S/C23H20N2O4/c1-14-2-6-19-17(10-14)18-12-25(9-8-20(18)24-19)22(26)13-28-16-5-3-15-4-7-23(27)29-21(15)11-16/h2-7,10-11,24H,8-9,12-13H2,1H3. The predicted molar refractivity (Wildman–Crippen MR) is 110 cm³/mol. The van der Waals surface area contributed by atoms with Gasteiger partial charge >= 0.3 is 5.63 Å². The number of aromatic nitrogens is 1. The second kappa shape index (κ2) is 6.81. The summed E-state index contributed by atoms with van der Waals surface area (Å²) in [6, 6.07) is 14.6. The second-order valence-corrected chi connectivity index (χ2v) is 7.44. The Balaban J connectivity index is 1.31. The van der Waals surface area contributed by atoms with Crippen molar-refractivity contribution < 1.29 is 13.9 Å². The van der Waals surface area contributed by atoms with Crippen molar-refractivity contribution in [3.05, 3.63) is 75.8 Å². The van der Waals surface area contributed by atoms with E-state index in [0.29, 0.717) is 24.4 Å². The van der Waals surface area contributed by atoms with E-state index in [1.165, 1.54) is 28.3 Å². The van der Waals surface area contributed by atoms with Crippen LogP contribution >= 0.6 is 0 Å². The van der Waals surface area contributed by atoms with Crippen molar-refractivity contribution in [2.24, 2.45) is 0 Å². The number of benzene rings is 2. The quantitative estimate of drug-likeness (QED) is 0.545. The summed E-state index contributed by atoms with van der Waals surface area (Å²) in [5.41, 5.74) is 4.75. The molecule has 2 aromatic carbocycles. The molecule has 1 aliphatic rings. The van der Waals surface area contributed by atoms with E-state index in [1.807, 2.05) is 4.90 Å². The minimum atomic E-state index is -0.413. The van der Waals surface area contributed by atoms with Crippen molar-refractivity contribution in [3.8, 4) is 5.75 Å². The molecule has 5 rings (SSSR count). The van der Waals surface area contributed by atoms with Crippen LogP contribution in [0.25, 0.3) is 21.9 Å². The minimum absolute atomic E-state index is 0.0563. The zero-order chi connectivity index (χ0) is 20.0. The number of carbonyl (C=O) groups excluding carboxylic acids is 1. The van der Waals surface area contributed by atoms with Crippen LogP contribution in [0.2, 0.25) is 0 Å². The van der Waals surface area contributed by atoms with E-state index in [0.717, 1.165) is 17.3 Å². The lowest BCUT2D eigenvalue weighted by atomic mass is 10.0. The van der Waals surface area contributed by atoms with Crippen molar-refractivity contribution in [1.29, 1.82) is 0 Å². The van der Waals surface area contributed by atoms with E-state index in [9.17, 15) is 9.59 Å². The highest BCUT2D eigenvalue weighted by atomic mass is 16.5. The molecular formula is C23H20N2O4. The fraction of sp³-hybridized carbons (Fsp3) is 0.217. The largest absolute Gasteiger partial charge is 0.484 e. The number of aryl methyl sites for hydroxylation is 1. The summed E-state index contributed by atoms with van der Waals surface area (Å²) in [6.07, 6.45) is 0.802. The normalized spacial score (nSPS) is 13.6. The van der Waals surface area contributed by atoms with Crippen LogP contribution in [-0.2, 0) is 17.8 Å². The molecule has 0 unspecified atom stereocenters. The van der Waals surface area contributed by atoms with Gasteiger partial charge in [-0.1, -0.05) is 11.6 Å². The van der Waals surface area contributed by atoms with Crippen LogP contribution in [0.1, 0.15) is 16.8 Å². The zero-order valence-electron chi connectivity index (χ0n) is 16.0. The first-order valence-corrected chi connectivity index (χ1v) is 9.61. The van der Waals surface area contributed by atoms with Gasteiger partial charge in [0, 0.05) is 59.2 Å². The number of rotatable bonds is 3.